The molecule has 19 heavy (non-hydrogen) atoms. The highest BCUT2D eigenvalue weighted by molar-refractivity contribution is 5.61. The largest absolute Gasteiger partial charge is 0.351 e. The van der Waals surface area contributed by atoms with Crippen molar-refractivity contribution in [2.45, 2.75) is 12.8 Å². The van der Waals surface area contributed by atoms with Crippen LogP contribution in [0, 0.1) is 27.4 Å². The molecule has 1 aromatic rings. The van der Waals surface area contributed by atoms with Crippen LogP contribution < -0.4 is 4.90 Å². The van der Waals surface area contributed by atoms with E-state index in [9.17, 15) is 14.9 Å². The van der Waals surface area contributed by atoms with Crippen molar-refractivity contribution in [1.29, 1.82) is 5.26 Å². The number of nitriles is 1. The molecule has 0 radical (unpaired) electrons. The molecule has 1 saturated heterocycles. The Morgan fingerprint density at radius 2 is 2.21 bits per heavy atom. The Morgan fingerprint density at radius 3 is 2.74 bits per heavy atom. The number of anilines is 1. The summed E-state index contributed by atoms with van der Waals surface area (Å²) in [5.74, 6) is 0.294. The fourth-order valence-electron chi connectivity index (χ4n) is 2.13. The third-order valence-electron chi connectivity index (χ3n) is 3.20. The zero-order valence-corrected chi connectivity index (χ0v) is 10.2. The van der Waals surface area contributed by atoms with Gasteiger partial charge in [0.1, 0.15) is 12.4 Å². The Hall–Kier alpha value is -2.49. The van der Waals surface area contributed by atoms with Crippen LogP contribution in [-0.2, 0) is 4.79 Å². The smallest absolute Gasteiger partial charge is 0.312 e. The van der Waals surface area contributed by atoms with Gasteiger partial charge in [-0.25, -0.2) is 4.98 Å². The summed E-state index contributed by atoms with van der Waals surface area (Å²) in [5, 5.41) is 19.8. The van der Waals surface area contributed by atoms with Crippen molar-refractivity contribution in [2.75, 3.05) is 18.0 Å². The summed E-state index contributed by atoms with van der Waals surface area (Å²) in [4.78, 5) is 27.0. The van der Waals surface area contributed by atoms with Crippen LogP contribution >= 0.6 is 0 Å². The van der Waals surface area contributed by atoms with E-state index < -0.39 is 4.92 Å². The van der Waals surface area contributed by atoms with E-state index in [1.54, 1.807) is 4.90 Å². The fourth-order valence-corrected chi connectivity index (χ4v) is 2.13. The number of aromatic nitrogens is 1. The van der Waals surface area contributed by atoms with Crippen molar-refractivity contribution in [1.82, 2.24) is 4.98 Å². The number of piperidine rings is 1. The van der Waals surface area contributed by atoms with Crippen molar-refractivity contribution in [2.24, 2.45) is 5.92 Å². The van der Waals surface area contributed by atoms with Gasteiger partial charge in [-0.15, -0.1) is 0 Å². The molecule has 0 aliphatic carbocycles. The minimum Gasteiger partial charge on any atom is -0.351 e. The highest BCUT2D eigenvalue weighted by Crippen LogP contribution is 2.29. The lowest BCUT2D eigenvalue weighted by Gasteiger charge is -2.30. The second kappa shape index (κ2) is 5.44. The van der Waals surface area contributed by atoms with E-state index in [1.807, 2.05) is 6.07 Å². The zero-order valence-electron chi connectivity index (χ0n) is 10.2. The van der Waals surface area contributed by atoms with Crippen molar-refractivity contribution in [3.63, 3.8) is 0 Å². The first-order valence-electron chi connectivity index (χ1n) is 5.90. The van der Waals surface area contributed by atoms with Gasteiger partial charge in [-0.3, -0.25) is 10.1 Å². The average molecular weight is 260 g/mol. The summed E-state index contributed by atoms with van der Waals surface area (Å²) in [6.45, 7) is 1.12. The Balaban J connectivity index is 2.27. The van der Waals surface area contributed by atoms with Crippen LogP contribution in [0.4, 0.5) is 11.5 Å². The van der Waals surface area contributed by atoms with Gasteiger partial charge < -0.3 is 9.69 Å². The van der Waals surface area contributed by atoms with Gasteiger partial charge in [0.2, 0.25) is 5.82 Å². The third kappa shape index (κ3) is 2.68. The zero-order chi connectivity index (χ0) is 13.8. The molecule has 7 heteroatoms. The highest BCUT2D eigenvalue weighted by atomic mass is 16.6. The average Bonchev–Trinajstić information content (AvgIpc) is 2.46. The lowest BCUT2D eigenvalue weighted by atomic mass is 9.98. The normalized spacial score (nSPS) is 15.8. The van der Waals surface area contributed by atoms with Crippen LogP contribution in [0.25, 0.3) is 0 Å². The van der Waals surface area contributed by atoms with Gasteiger partial charge in [0.25, 0.3) is 0 Å². The molecule has 1 aliphatic heterocycles. The number of rotatable bonds is 3. The predicted octanol–water partition coefficient (Wildman–Crippen LogP) is 1.28. The summed E-state index contributed by atoms with van der Waals surface area (Å²) in [5.41, 5.74) is 0.00169. The number of pyridine rings is 1. The molecule has 0 N–H and O–H groups in total. The van der Waals surface area contributed by atoms with Gasteiger partial charge in [-0.2, -0.15) is 5.26 Å². The molecule has 0 aromatic carbocycles. The SMILES string of the molecule is N#Cc1cnc(N2CCC(C=O)CC2)c([N+](=O)[O-])c1. The maximum Gasteiger partial charge on any atom is 0.312 e. The second-order valence-electron chi connectivity index (χ2n) is 4.40. The lowest BCUT2D eigenvalue weighted by Crippen LogP contribution is -2.35. The van der Waals surface area contributed by atoms with E-state index in [0.717, 1.165) is 6.29 Å². The van der Waals surface area contributed by atoms with Crippen LogP contribution in [0.2, 0.25) is 0 Å². The van der Waals surface area contributed by atoms with Crippen molar-refractivity contribution >= 4 is 17.8 Å². The maximum atomic E-state index is 11.0. The number of nitrogens with zero attached hydrogens (tertiary/aromatic N) is 4. The Bertz CT molecular complexity index is 544. The molecule has 1 fully saturated rings. The van der Waals surface area contributed by atoms with Crippen molar-refractivity contribution in [3.8, 4) is 6.07 Å². The molecular weight excluding hydrogens is 248 g/mol. The van der Waals surface area contributed by atoms with E-state index in [4.69, 9.17) is 5.26 Å². The molecule has 98 valence electrons. The molecule has 1 aromatic heterocycles. The number of carbonyl (C=O) groups is 1. The van der Waals surface area contributed by atoms with Crippen LogP contribution in [0.5, 0.6) is 0 Å². The molecular formula is C12H12N4O3. The van der Waals surface area contributed by atoms with Crippen LogP contribution in [0.1, 0.15) is 18.4 Å². The van der Waals surface area contributed by atoms with Gasteiger partial charge in [0.05, 0.1) is 10.5 Å². The minimum absolute atomic E-state index is 0.0219. The van der Waals surface area contributed by atoms with E-state index in [2.05, 4.69) is 4.98 Å². The molecule has 0 spiro atoms. The first-order valence-corrected chi connectivity index (χ1v) is 5.90. The maximum absolute atomic E-state index is 11.0. The summed E-state index contributed by atoms with van der Waals surface area (Å²) in [6.07, 6.45) is 3.59. The third-order valence-corrected chi connectivity index (χ3v) is 3.20. The van der Waals surface area contributed by atoms with Crippen LogP contribution in [0.15, 0.2) is 12.3 Å². The first-order chi connectivity index (χ1) is 9.15. The number of hydrogen-bond donors (Lipinski definition) is 0. The topological polar surface area (TPSA) is 100 Å². The van der Waals surface area contributed by atoms with E-state index in [0.29, 0.717) is 25.9 Å². The van der Waals surface area contributed by atoms with E-state index in [1.165, 1.54) is 12.3 Å². The van der Waals surface area contributed by atoms with Gasteiger partial charge in [0, 0.05) is 31.3 Å². The second-order valence-corrected chi connectivity index (χ2v) is 4.40. The number of carbonyl (C=O) groups excluding carboxylic acids is 1. The standard InChI is InChI=1S/C12H12N4O3/c13-6-10-5-11(16(18)19)12(14-7-10)15-3-1-9(8-17)2-4-15/h5,7-9H,1-4H2. The summed E-state index contributed by atoms with van der Waals surface area (Å²) in [6, 6.07) is 3.07. The van der Waals surface area contributed by atoms with E-state index >= 15 is 0 Å². The summed E-state index contributed by atoms with van der Waals surface area (Å²) in [7, 11) is 0. The van der Waals surface area contributed by atoms with Gasteiger partial charge in [-0.1, -0.05) is 0 Å². The van der Waals surface area contributed by atoms with Crippen LogP contribution in [0.3, 0.4) is 0 Å². The monoisotopic (exact) mass is 260 g/mol. The molecule has 1 aliphatic rings. The summed E-state index contributed by atoms with van der Waals surface area (Å²) < 4.78 is 0. The quantitative estimate of drug-likeness (QED) is 0.461. The van der Waals surface area contributed by atoms with Crippen molar-refractivity contribution in [3.05, 3.63) is 27.9 Å². The number of hydrogen-bond acceptors (Lipinski definition) is 6. The van der Waals surface area contributed by atoms with Gasteiger partial charge in [-0.05, 0) is 12.8 Å². The molecule has 2 rings (SSSR count). The minimum atomic E-state index is -0.533. The van der Waals surface area contributed by atoms with Crippen LogP contribution in [-0.4, -0.2) is 29.3 Å². The molecule has 0 atom stereocenters. The predicted molar refractivity (Wildman–Crippen MR) is 66.6 cm³/mol. The number of aldehydes is 1. The molecule has 0 amide bonds. The Morgan fingerprint density at radius 1 is 1.53 bits per heavy atom. The first kappa shape index (κ1) is 13.0. The molecule has 0 saturated carbocycles. The molecule has 0 bridgehead atoms. The molecule has 2 heterocycles. The lowest BCUT2D eigenvalue weighted by molar-refractivity contribution is -0.384. The highest BCUT2D eigenvalue weighted by Gasteiger charge is 2.26. The van der Waals surface area contributed by atoms with Gasteiger partial charge >= 0.3 is 5.69 Å². The van der Waals surface area contributed by atoms with Gasteiger partial charge in [0.15, 0.2) is 0 Å². The summed E-state index contributed by atoms with van der Waals surface area (Å²) >= 11 is 0. The molecule has 7 nitrogen and oxygen atoms in total. The number of nitro groups is 1. The van der Waals surface area contributed by atoms with Crippen molar-refractivity contribution < 1.29 is 9.72 Å². The van der Waals surface area contributed by atoms with E-state index in [-0.39, 0.29) is 23.0 Å². The molecule has 0 unspecified atom stereocenters. The Kier molecular flexibility index (Phi) is 3.71. The Labute approximate surface area is 109 Å². The fraction of sp³-hybridized carbons (Fsp3) is 0.417.